The van der Waals surface area contributed by atoms with Gasteiger partial charge in [0.05, 0.1) is 0 Å². The first-order valence-electron chi connectivity index (χ1n) is 6.19. The Kier molecular flexibility index (Phi) is 3.52. The molecule has 0 amide bonds. The highest BCUT2D eigenvalue weighted by atomic mass is 32.1. The van der Waals surface area contributed by atoms with Gasteiger partial charge in [0.25, 0.3) is 0 Å². The van der Waals surface area contributed by atoms with Crippen LogP contribution in [0.5, 0.6) is 0 Å². The summed E-state index contributed by atoms with van der Waals surface area (Å²) < 4.78 is 53.6. The first-order chi connectivity index (χ1) is 9.56. The number of fused-ring (bicyclic) bond motifs is 1. The molecule has 0 aliphatic carbocycles. The van der Waals surface area contributed by atoms with Crippen LogP contribution in [0, 0.1) is 23.3 Å². The molecule has 1 aliphatic rings. The van der Waals surface area contributed by atoms with E-state index >= 15 is 0 Å². The van der Waals surface area contributed by atoms with Crippen LogP contribution in [0.25, 0.3) is 0 Å². The van der Waals surface area contributed by atoms with Gasteiger partial charge in [0, 0.05) is 40.9 Å². The molecule has 0 atom stereocenters. The van der Waals surface area contributed by atoms with Crippen molar-refractivity contribution in [2.75, 3.05) is 6.54 Å². The standard InChI is InChI=1S/C14H11F4NS/c15-10-5-11(16)14(18)9(13(10)17)4-8-3-7-6-19-2-1-12(7)20-8/h3,5,19H,1-2,4,6H2. The fourth-order valence-electron chi connectivity index (χ4n) is 2.35. The molecule has 0 bridgehead atoms. The van der Waals surface area contributed by atoms with Crippen LogP contribution in [-0.2, 0) is 19.4 Å². The molecule has 1 nitrogen and oxygen atoms in total. The van der Waals surface area contributed by atoms with Gasteiger partial charge in [-0.15, -0.1) is 11.3 Å². The normalized spacial score (nSPS) is 14.4. The van der Waals surface area contributed by atoms with Crippen molar-refractivity contribution >= 4 is 11.3 Å². The second-order valence-corrected chi connectivity index (χ2v) is 5.93. The van der Waals surface area contributed by atoms with Gasteiger partial charge in [0.2, 0.25) is 0 Å². The smallest absolute Gasteiger partial charge is 0.165 e. The number of benzene rings is 1. The first kappa shape index (κ1) is 13.6. The van der Waals surface area contributed by atoms with Crippen molar-refractivity contribution in [3.63, 3.8) is 0 Å². The van der Waals surface area contributed by atoms with E-state index in [2.05, 4.69) is 5.32 Å². The lowest BCUT2D eigenvalue weighted by Crippen LogP contribution is -2.21. The molecule has 1 aromatic heterocycles. The molecule has 1 aromatic carbocycles. The minimum Gasteiger partial charge on any atom is -0.312 e. The SMILES string of the molecule is Fc1cc(F)c(F)c(Cc2cc3c(s2)CCNC3)c1F. The van der Waals surface area contributed by atoms with Gasteiger partial charge >= 0.3 is 0 Å². The number of hydrogen-bond donors (Lipinski definition) is 1. The summed E-state index contributed by atoms with van der Waals surface area (Å²) in [5, 5.41) is 3.20. The Morgan fingerprint density at radius 3 is 2.40 bits per heavy atom. The van der Waals surface area contributed by atoms with E-state index in [0.717, 1.165) is 23.4 Å². The zero-order chi connectivity index (χ0) is 14.3. The molecule has 0 fully saturated rings. The topological polar surface area (TPSA) is 12.0 Å². The molecular weight excluding hydrogens is 290 g/mol. The molecule has 3 rings (SSSR count). The molecule has 20 heavy (non-hydrogen) atoms. The zero-order valence-electron chi connectivity index (χ0n) is 10.4. The summed E-state index contributed by atoms with van der Waals surface area (Å²) >= 11 is 1.44. The maximum absolute atomic E-state index is 13.6. The highest BCUT2D eigenvalue weighted by Crippen LogP contribution is 2.29. The van der Waals surface area contributed by atoms with Gasteiger partial charge < -0.3 is 5.32 Å². The highest BCUT2D eigenvalue weighted by molar-refractivity contribution is 7.12. The molecule has 2 aromatic rings. The van der Waals surface area contributed by atoms with Crippen molar-refractivity contribution in [3.05, 3.63) is 56.3 Å². The lowest BCUT2D eigenvalue weighted by Gasteiger charge is -2.10. The van der Waals surface area contributed by atoms with Crippen LogP contribution >= 0.6 is 11.3 Å². The Bertz CT molecular complexity index is 616. The predicted octanol–water partition coefficient (Wildman–Crippen LogP) is 3.54. The van der Waals surface area contributed by atoms with Crippen LogP contribution in [0.15, 0.2) is 12.1 Å². The molecule has 1 N–H and O–H groups in total. The molecule has 106 valence electrons. The lowest BCUT2D eigenvalue weighted by atomic mass is 10.1. The van der Waals surface area contributed by atoms with E-state index in [-0.39, 0.29) is 12.5 Å². The minimum atomic E-state index is -1.36. The Balaban J connectivity index is 1.97. The molecule has 0 spiro atoms. The Hall–Kier alpha value is -1.40. The number of rotatable bonds is 2. The predicted molar refractivity (Wildman–Crippen MR) is 68.8 cm³/mol. The summed E-state index contributed by atoms with van der Waals surface area (Å²) in [5.74, 6) is -5.34. The first-order valence-corrected chi connectivity index (χ1v) is 7.01. The summed E-state index contributed by atoms with van der Waals surface area (Å²) in [7, 11) is 0. The van der Waals surface area contributed by atoms with Crippen molar-refractivity contribution in [2.24, 2.45) is 0 Å². The summed E-state index contributed by atoms with van der Waals surface area (Å²) in [6.45, 7) is 1.58. The number of halogens is 4. The van der Waals surface area contributed by atoms with E-state index in [9.17, 15) is 17.6 Å². The molecule has 6 heteroatoms. The average molecular weight is 301 g/mol. The summed E-state index contributed by atoms with van der Waals surface area (Å²) in [6, 6.07) is 2.07. The van der Waals surface area contributed by atoms with Gasteiger partial charge in [0.15, 0.2) is 23.3 Å². The van der Waals surface area contributed by atoms with E-state index in [0.29, 0.717) is 11.4 Å². The van der Waals surface area contributed by atoms with E-state index < -0.39 is 28.8 Å². The zero-order valence-corrected chi connectivity index (χ0v) is 11.2. The van der Waals surface area contributed by atoms with E-state index in [4.69, 9.17) is 0 Å². The van der Waals surface area contributed by atoms with Crippen LogP contribution in [0.4, 0.5) is 17.6 Å². The summed E-state index contributed by atoms with van der Waals surface area (Å²) in [5.41, 5.74) is 0.544. The van der Waals surface area contributed by atoms with Gasteiger partial charge in [0.1, 0.15) is 0 Å². The fourth-order valence-corrected chi connectivity index (χ4v) is 3.55. The highest BCUT2D eigenvalue weighted by Gasteiger charge is 2.21. The van der Waals surface area contributed by atoms with Crippen LogP contribution in [0.2, 0.25) is 0 Å². The quantitative estimate of drug-likeness (QED) is 0.661. The fraction of sp³-hybridized carbons (Fsp3) is 0.286. The van der Waals surface area contributed by atoms with Gasteiger partial charge in [-0.1, -0.05) is 0 Å². The Labute approximate surface area is 117 Å². The maximum atomic E-state index is 13.6. The second-order valence-electron chi connectivity index (χ2n) is 4.71. The number of thiophene rings is 1. The molecule has 1 aliphatic heterocycles. The third-order valence-electron chi connectivity index (χ3n) is 3.35. The Morgan fingerprint density at radius 1 is 1.05 bits per heavy atom. The van der Waals surface area contributed by atoms with Crippen molar-refractivity contribution < 1.29 is 17.6 Å². The van der Waals surface area contributed by atoms with E-state index in [1.54, 1.807) is 0 Å². The summed E-state index contributed by atoms with van der Waals surface area (Å²) in [4.78, 5) is 1.87. The molecule has 0 saturated carbocycles. The third kappa shape index (κ3) is 2.33. The average Bonchev–Trinajstić information content (AvgIpc) is 2.84. The Morgan fingerprint density at radius 2 is 1.75 bits per heavy atom. The van der Waals surface area contributed by atoms with Gasteiger partial charge in [-0.05, 0) is 18.1 Å². The maximum Gasteiger partial charge on any atom is 0.165 e. The van der Waals surface area contributed by atoms with Crippen LogP contribution < -0.4 is 5.32 Å². The largest absolute Gasteiger partial charge is 0.312 e. The van der Waals surface area contributed by atoms with Crippen molar-refractivity contribution in [1.82, 2.24) is 5.32 Å². The molecular formula is C14H11F4NS. The lowest BCUT2D eigenvalue weighted by molar-refractivity contribution is 0.442. The monoisotopic (exact) mass is 301 g/mol. The number of nitrogens with one attached hydrogen (secondary N) is 1. The van der Waals surface area contributed by atoms with Gasteiger partial charge in [-0.2, -0.15) is 0 Å². The van der Waals surface area contributed by atoms with Gasteiger partial charge in [-0.25, -0.2) is 17.6 Å². The van der Waals surface area contributed by atoms with Crippen molar-refractivity contribution in [3.8, 4) is 0 Å². The molecule has 0 saturated heterocycles. The molecule has 0 radical (unpaired) electrons. The number of hydrogen-bond acceptors (Lipinski definition) is 2. The third-order valence-corrected chi connectivity index (χ3v) is 4.58. The van der Waals surface area contributed by atoms with E-state index in [1.165, 1.54) is 11.3 Å². The van der Waals surface area contributed by atoms with Crippen molar-refractivity contribution in [2.45, 2.75) is 19.4 Å². The second kappa shape index (κ2) is 5.18. The van der Waals surface area contributed by atoms with Gasteiger partial charge in [-0.3, -0.25) is 0 Å². The van der Waals surface area contributed by atoms with E-state index in [1.807, 2.05) is 6.07 Å². The van der Waals surface area contributed by atoms with Crippen LogP contribution in [-0.4, -0.2) is 6.54 Å². The van der Waals surface area contributed by atoms with Crippen LogP contribution in [0.1, 0.15) is 20.9 Å². The molecule has 0 unspecified atom stereocenters. The van der Waals surface area contributed by atoms with Crippen LogP contribution in [0.3, 0.4) is 0 Å². The minimum absolute atomic E-state index is 0.135. The van der Waals surface area contributed by atoms with Crippen molar-refractivity contribution in [1.29, 1.82) is 0 Å². The molecule has 2 heterocycles. The summed E-state index contributed by atoms with van der Waals surface area (Å²) in [6.07, 6.45) is 0.729.